The molecule has 0 aliphatic rings. The number of hydrogen-bond acceptors (Lipinski definition) is 6. The van der Waals surface area contributed by atoms with E-state index in [9.17, 15) is 0 Å². The van der Waals surface area contributed by atoms with Crippen molar-refractivity contribution in [2.45, 2.75) is 0 Å². The lowest BCUT2D eigenvalue weighted by molar-refractivity contribution is 0.822. The molecule has 7 heteroatoms. The van der Waals surface area contributed by atoms with Crippen molar-refractivity contribution in [3.05, 3.63) is 34.4 Å². The zero-order valence-electron chi connectivity index (χ0n) is 11.4. The summed E-state index contributed by atoms with van der Waals surface area (Å²) >= 11 is 5.19. The van der Waals surface area contributed by atoms with Crippen molar-refractivity contribution in [1.82, 2.24) is 20.3 Å². The van der Waals surface area contributed by atoms with E-state index >= 15 is 0 Å². The van der Waals surface area contributed by atoms with Crippen LogP contribution in [0.15, 0.2) is 34.4 Å². The second-order valence-electron chi connectivity index (χ2n) is 4.42. The molecule has 0 aromatic carbocycles. The quantitative estimate of drug-likeness (QED) is 0.681. The van der Waals surface area contributed by atoms with Crippen LogP contribution in [0.2, 0.25) is 0 Å². The third-order valence-corrected chi connectivity index (χ3v) is 4.86. The minimum Gasteiger partial charge on any atom is -0.367 e. The molecule has 0 spiro atoms. The summed E-state index contributed by atoms with van der Waals surface area (Å²) in [7, 11) is 1.93. The second-order valence-corrected chi connectivity index (χ2v) is 6.16. The summed E-state index contributed by atoms with van der Waals surface area (Å²) in [4.78, 5) is 13.4. The van der Waals surface area contributed by atoms with Crippen molar-refractivity contribution in [1.29, 1.82) is 0 Å². The number of likely N-dealkylation sites (N-methyl/N-ethyl adjacent to an activating group) is 1. The van der Waals surface area contributed by atoms with Crippen LogP contribution in [0.3, 0.4) is 0 Å². The van der Waals surface area contributed by atoms with Crippen LogP contribution >= 0.6 is 27.3 Å². The number of halogens is 1. The van der Waals surface area contributed by atoms with E-state index in [4.69, 9.17) is 0 Å². The molecule has 3 aromatic heterocycles. The number of thiophene rings is 1. The van der Waals surface area contributed by atoms with Gasteiger partial charge in [0.15, 0.2) is 5.82 Å². The number of nitrogens with one attached hydrogen (secondary N) is 2. The van der Waals surface area contributed by atoms with Crippen molar-refractivity contribution in [3.63, 3.8) is 0 Å². The van der Waals surface area contributed by atoms with Gasteiger partial charge in [-0.05, 0) is 35.1 Å². The van der Waals surface area contributed by atoms with Gasteiger partial charge in [0.25, 0.3) is 0 Å². The van der Waals surface area contributed by atoms with Gasteiger partial charge in [-0.3, -0.25) is 4.98 Å². The minimum atomic E-state index is 0.705. The van der Waals surface area contributed by atoms with Gasteiger partial charge < -0.3 is 10.6 Å². The highest BCUT2D eigenvalue weighted by Gasteiger charge is 2.13. The van der Waals surface area contributed by atoms with E-state index in [1.807, 2.05) is 24.6 Å². The minimum absolute atomic E-state index is 0.705. The Bertz CT molecular complexity index is 744. The van der Waals surface area contributed by atoms with Crippen molar-refractivity contribution in [3.8, 4) is 11.4 Å². The molecular weight excluding hydrogens is 350 g/mol. The predicted molar refractivity (Wildman–Crippen MR) is 90.8 cm³/mol. The molecule has 108 valence electrons. The fraction of sp³-hybridized carbons (Fsp3) is 0.214. The second kappa shape index (κ2) is 6.46. The molecule has 3 aromatic rings. The topological polar surface area (TPSA) is 62.7 Å². The van der Waals surface area contributed by atoms with Gasteiger partial charge in [0.05, 0.1) is 9.17 Å². The number of nitrogens with zero attached hydrogens (tertiary/aromatic N) is 3. The highest BCUT2D eigenvalue weighted by atomic mass is 79.9. The summed E-state index contributed by atoms with van der Waals surface area (Å²) in [5.41, 5.74) is 1.90. The smallest absolute Gasteiger partial charge is 0.162 e. The van der Waals surface area contributed by atoms with Crippen molar-refractivity contribution in [2.75, 3.05) is 25.5 Å². The van der Waals surface area contributed by atoms with E-state index in [-0.39, 0.29) is 0 Å². The molecule has 3 rings (SSSR count). The van der Waals surface area contributed by atoms with Crippen LogP contribution in [0.1, 0.15) is 0 Å². The maximum Gasteiger partial charge on any atom is 0.162 e. The first kappa shape index (κ1) is 14.4. The third kappa shape index (κ3) is 3.04. The van der Waals surface area contributed by atoms with Crippen molar-refractivity contribution >= 4 is 43.3 Å². The molecule has 0 saturated heterocycles. The SMILES string of the molecule is CNCCNc1nc(-c2ccncc2)nc2c(Br)csc12. The first-order valence-electron chi connectivity index (χ1n) is 6.53. The van der Waals surface area contributed by atoms with Crippen LogP contribution in [-0.2, 0) is 0 Å². The number of aromatic nitrogens is 3. The summed E-state index contributed by atoms with van der Waals surface area (Å²) < 4.78 is 2.06. The average Bonchev–Trinajstić information content (AvgIpc) is 2.90. The van der Waals surface area contributed by atoms with Crippen LogP contribution in [0.4, 0.5) is 5.82 Å². The van der Waals surface area contributed by atoms with E-state index < -0.39 is 0 Å². The molecule has 0 atom stereocenters. The summed E-state index contributed by atoms with van der Waals surface area (Å²) in [6.45, 7) is 1.69. The maximum atomic E-state index is 4.67. The van der Waals surface area contributed by atoms with Crippen LogP contribution < -0.4 is 10.6 Å². The van der Waals surface area contributed by atoms with E-state index in [0.29, 0.717) is 5.82 Å². The van der Waals surface area contributed by atoms with Gasteiger partial charge in [-0.15, -0.1) is 11.3 Å². The molecule has 21 heavy (non-hydrogen) atoms. The Hall–Kier alpha value is -1.57. The molecule has 0 bridgehead atoms. The molecule has 2 N–H and O–H groups in total. The molecule has 0 radical (unpaired) electrons. The first-order chi connectivity index (χ1) is 10.3. The van der Waals surface area contributed by atoms with Crippen molar-refractivity contribution in [2.24, 2.45) is 0 Å². The third-order valence-electron chi connectivity index (χ3n) is 2.98. The van der Waals surface area contributed by atoms with Gasteiger partial charge in [0.1, 0.15) is 11.3 Å². The Kier molecular flexibility index (Phi) is 4.42. The molecule has 0 amide bonds. The number of pyridine rings is 1. The molecule has 0 fully saturated rings. The zero-order chi connectivity index (χ0) is 14.7. The number of fused-ring (bicyclic) bond motifs is 1. The largest absolute Gasteiger partial charge is 0.367 e. The molecule has 3 heterocycles. The van der Waals surface area contributed by atoms with Gasteiger partial charge in [-0.25, -0.2) is 9.97 Å². The molecule has 0 saturated carbocycles. The average molecular weight is 364 g/mol. The van der Waals surface area contributed by atoms with Gasteiger partial charge in [-0.2, -0.15) is 0 Å². The van der Waals surface area contributed by atoms with Gasteiger partial charge >= 0.3 is 0 Å². The molecule has 5 nitrogen and oxygen atoms in total. The molecule has 0 aliphatic heterocycles. The van der Waals surface area contributed by atoms with Gasteiger partial charge in [0.2, 0.25) is 0 Å². The van der Waals surface area contributed by atoms with E-state index in [2.05, 4.69) is 41.5 Å². The summed E-state index contributed by atoms with van der Waals surface area (Å²) in [5, 5.41) is 8.53. The zero-order valence-corrected chi connectivity index (χ0v) is 13.8. The van der Waals surface area contributed by atoms with Crippen LogP contribution in [0.5, 0.6) is 0 Å². The highest BCUT2D eigenvalue weighted by Crippen LogP contribution is 2.34. The Balaban J connectivity index is 2.07. The fourth-order valence-corrected chi connectivity index (χ4v) is 3.47. The lowest BCUT2D eigenvalue weighted by atomic mass is 10.2. The summed E-state index contributed by atoms with van der Waals surface area (Å²) in [5.74, 6) is 1.58. The predicted octanol–water partition coefficient (Wildman–Crippen LogP) is 3.15. The maximum absolute atomic E-state index is 4.67. The Morgan fingerprint density at radius 3 is 2.76 bits per heavy atom. The van der Waals surface area contributed by atoms with Crippen LogP contribution in [0.25, 0.3) is 21.6 Å². The van der Waals surface area contributed by atoms with Crippen LogP contribution in [-0.4, -0.2) is 35.1 Å². The number of anilines is 1. The summed E-state index contributed by atoms with van der Waals surface area (Å²) in [6.07, 6.45) is 3.50. The van der Waals surface area contributed by atoms with E-state index in [1.165, 1.54) is 0 Å². The molecule has 0 unspecified atom stereocenters. The Labute approximate surface area is 135 Å². The highest BCUT2D eigenvalue weighted by molar-refractivity contribution is 9.10. The number of hydrogen-bond donors (Lipinski definition) is 2. The van der Waals surface area contributed by atoms with Gasteiger partial charge in [0, 0.05) is 36.4 Å². The Morgan fingerprint density at radius 1 is 1.19 bits per heavy atom. The molecule has 0 aliphatic carbocycles. The Morgan fingerprint density at radius 2 is 2.00 bits per heavy atom. The first-order valence-corrected chi connectivity index (χ1v) is 8.20. The van der Waals surface area contributed by atoms with Crippen molar-refractivity contribution < 1.29 is 0 Å². The summed E-state index contributed by atoms with van der Waals surface area (Å²) in [6, 6.07) is 3.83. The number of rotatable bonds is 5. The normalized spacial score (nSPS) is 11.0. The standard InChI is InChI=1S/C14H14BrN5S/c1-16-6-7-18-14-12-11(10(15)8-21-12)19-13(20-14)9-2-4-17-5-3-9/h2-5,8,16H,6-7H2,1H3,(H,18,19,20). The van der Waals surface area contributed by atoms with Gasteiger partial charge in [-0.1, -0.05) is 0 Å². The fourth-order valence-electron chi connectivity index (χ4n) is 1.95. The van der Waals surface area contributed by atoms with Crippen LogP contribution in [0, 0.1) is 0 Å². The van der Waals surface area contributed by atoms with E-state index in [1.54, 1.807) is 23.7 Å². The van der Waals surface area contributed by atoms with E-state index in [0.717, 1.165) is 39.2 Å². The lowest BCUT2D eigenvalue weighted by Gasteiger charge is -2.08. The monoisotopic (exact) mass is 363 g/mol. The molecular formula is C14H14BrN5S. The lowest BCUT2D eigenvalue weighted by Crippen LogP contribution is -2.18.